The van der Waals surface area contributed by atoms with Crippen molar-refractivity contribution in [3.05, 3.63) is 163 Å². The molecule has 0 bridgehead atoms. The second-order valence-corrected chi connectivity index (χ2v) is 30.6. The number of hydrogen-bond acceptors (Lipinski definition) is 6. The zero-order valence-corrected chi connectivity index (χ0v) is 36.0. The molecule has 0 unspecified atom stereocenters. The van der Waals surface area contributed by atoms with Crippen LogP contribution in [0.15, 0.2) is 167 Å². The van der Waals surface area contributed by atoms with Crippen LogP contribution >= 0.6 is 0 Å². The van der Waals surface area contributed by atoms with Gasteiger partial charge in [0, 0.05) is 35.6 Å². The molecule has 53 heavy (non-hydrogen) atoms. The standard InChI is InChI=1S/C44H56N6Si3/c1-51(2,3)48(40-29-19-12-20-30-40)45-39(35-43(37-25-15-10-16-26-37)46-49(52(4,5)6)41-31-21-13-22-32-41)36-44(38-27-17-11-18-28-38)47-50(53(7,8)9)42-33-23-14-24-34-42/h10-34H,35-36H2,1-9H3/b46-43+,47-44+. The average Bonchev–Trinajstić information content (AvgIpc) is 3.14. The molecule has 0 N–H and O–H groups in total. The molecule has 9 heteroatoms. The lowest BCUT2D eigenvalue weighted by Gasteiger charge is -2.34. The second kappa shape index (κ2) is 17.3. The van der Waals surface area contributed by atoms with Gasteiger partial charge >= 0.3 is 0 Å². The molecule has 0 saturated heterocycles. The zero-order chi connectivity index (χ0) is 38.1. The monoisotopic (exact) mass is 752 g/mol. The first-order valence-electron chi connectivity index (χ1n) is 18.6. The van der Waals surface area contributed by atoms with E-state index < -0.39 is 24.7 Å². The first-order chi connectivity index (χ1) is 25.2. The molecule has 0 saturated carbocycles. The van der Waals surface area contributed by atoms with Gasteiger partial charge in [0.15, 0.2) is 24.7 Å². The van der Waals surface area contributed by atoms with Crippen molar-refractivity contribution in [3.8, 4) is 0 Å². The maximum Gasteiger partial charge on any atom is 0.176 e. The molecule has 0 spiro atoms. The Balaban J connectivity index is 1.75. The lowest BCUT2D eigenvalue weighted by molar-refractivity contribution is 1.07. The third kappa shape index (κ3) is 11.1. The van der Waals surface area contributed by atoms with E-state index in [4.69, 9.17) is 15.3 Å². The molecule has 0 heterocycles. The summed E-state index contributed by atoms with van der Waals surface area (Å²) in [6.07, 6.45) is 1.10. The van der Waals surface area contributed by atoms with E-state index >= 15 is 0 Å². The highest BCUT2D eigenvalue weighted by molar-refractivity contribution is 6.80. The van der Waals surface area contributed by atoms with Crippen molar-refractivity contribution >= 4 is 58.9 Å². The number of nitrogens with zero attached hydrogens (tertiary/aromatic N) is 6. The van der Waals surface area contributed by atoms with E-state index in [1.165, 1.54) is 0 Å². The predicted molar refractivity (Wildman–Crippen MR) is 239 cm³/mol. The summed E-state index contributed by atoms with van der Waals surface area (Å²) in [5, 5.41) is 16.8. The van der Waals surface area contributed by atoms with Gasteiger partial charge in [-0.05, 0) is 106 Å². The van der Waals surface area contributed by atoms with Gasteiger partial charge in [0.25, 0.3) is 0 Å². The Morgan fingerprint density at radius 1 is 0.358 bits per heavy atom. The van der Waals surface area contributed by atoms with Crippen LogP contribution < -0.4 is 14.0 Å². The Kier molecular flexibility index (Phi) is 12.9. The SMILES string of the molecule is C[Si](C)(C)N(N=C(C/C(=N\N(c1ccccc1)[Si](C)(C)C)c1ccccc1)C/C(=N\N(c1ccccc1)[Si](C)(C)C)c1ccccc1)c1ccccc1. The third-order valence-electron chi connectivity index (χ3n) is 8.55. The van der Waals surface area contributed by atoms with Crippen molar-refractivity contribution in [1.29, 1.82) is 0 Å². The summed E-state index contributed by atoms with van der Waals surface area (Å²) in [5.74, 6) is 0. The van der Waals surface area contributed by atoms with Crippen molar-refractivity contribution in [1.82, 2.24) is 0 Å². The number of rotatable bonds is 15. The minimum Gasteiger partial charge on any atom is -0.295 e. The van der Waals surface area contributed by atoms with Crippen molar-refractivity contribution in [3.63, 3.8) is 0 Å². The number of anilines is 3. The van der Waals surface area contributed by atoms with E-state index in [-0.39, 0.29) is 0 Å². The molecule has 0 aliphatic heterocycles. The summed E-state index contributed by atoms with van der Waals surface area (Å²) in [5.41, 5.74) is 8.46. The maximum atomic E-state index is 5.67. The first kappa shape index (κ1) is 39.4. The lowest BCUT2D eigenvalue weighted by atomic mass is 9.99. The van der Waals surface area contributed by atoms with Gasteiger partial charge in [-0.15, -0.1) is 0 Å². The number of benzene rings is 5. The normalized spacial score (nSPS) is 12.6. The van der Waals surface area contributed by atoms with Crippen molar-refractivity contribution in [2.45, 2.75) is 71.8 Å². The second-order valence-electron chi connectivity index (χ2n) is 16.3. The quantitative estimate of drug-likeness (QED) is 0.0608. The van der Waals surface area contributed by atoms with Crippen LogP contribution in [0, 0.1) is 0 Å². The third-order valence-corrected chi connectivity index (χ3v) is 13.4. The molecule has 0 aliphatic rings. The largest absolute Gasteiger partial charge is 0.295 e. The molecule has 274 valence electrons. The molecule has 0 aliphatic carbocycles. The smallest absolute Gasteiger partial charge is 0.176 e. The molecule has 5 aromatic rings. The highest BCUT2D eigenvalue weighted by atomic mass is 28.3. The maximum absolute atomic E-state index is 5.67. The zero-order valence-electron chi connectivity index (χ0n) is 33.0. The fourth-order valence-electron chi connectivity index (χ4n) is 6.05. The molecular formula is C44H56N6Si3. The van der Waals surface area contributed by atoms with Crippen molar-refractivity contribution in [2.75, 3.05) is 14.0 Å². The Morgan fingerprint density at radius 2 is 0.604 bits per heavy atom. The molecule has 0 radical (unpaired) electrons. The molecule has 5 aromatic carbocycles. The van der Waals surface area contributed by atoms with Gasteiger partial charge in [0.05, 0.1) is 11.4 Å². The van der Waals surface area contributed by atoms with Crippen molar-refractivity contribution < 1.29 is 0 Å². The molecule has 0 amide bonds. The van der Waals surface area contributed by atoms with E-state index in [1.54, 1.807) is 0 Å². The Hall–Kier alpha value is -4.84. The van der Waals surface area contributed by atoms with E-state index in [0.29, 0.717) is 12.8 Å². The highest BCUT2D eigenvalue weighted by Crippen LogP contribution is 2.27. The summed E-state index contributed by atoms with van der Waals surface area (Å²) >= 11 is 0. The summed E-state index contributed by atoms with van der Waals surface area (Å²) < 4.78 is 6.87. The summed E-state index contributed by atoms with van der Waals surface area (Å²) in [7, 11) is -5.98. The fraction of sp³-hybridized carbons (Fsp3) is 0.250. The Morgan fingerprint density at radius 3 is 0.868 bits per heavy atom. The average molecular weight is 753 g/mol. The van der Waals surface area contributed by atoms with Crippen LogP contribution in [0.25, 0.3) is 0 Å². The fourth-order valence-corrected chi connectivity index (χ4v) is 10.1. The summed E-state index contributed by atoms with van der Waals surface area (Å²) in [6, 6.07) is 53.0. The lowest BCUT2D eigenvalue weighted by Crippen LogP contribution is -2.44. The topological polar surface area (TPSA) is 46.8 Å². The number of para-hydroxylation sites is 3. The Labute approximate surface area is 321 Å². The molecule has 6 nitrogen and oxygen atoms in total. The molecule has 0 atom stereocenters. The summed E-state index contributed by atoms with van der Waals surface area (Å²) in [4.78, 5) is 0. The van der Waals surface area contributed by atoms with Gasteiger partial charge in [0.2, 0.25) is 0 Å². The predicted octanol–water partition coefficient (Wildman–Crippen LogP) is 12.0. The van der Waals surface area contributed by atoms with Crippen LogP contribution in [0.5, 0.6) is 0 Å². The Bertz CT molecular complexity index is 1850. The van der Waals surface area contributed by atoms with E-state index in [1.807, 2.05) is 0 Å². The van der Waals surface area contributed by atoms with Crippen LogP contribution in [0.4, 0.5) is 17.1 Å². The highest BCUT2D eigenvalue weighted by Gasteiger charge is 2.30. The molecule has 5 rings (SSSR count). The first-order valence-corrected chi connectivity index (χ1v) is 28.9. The van der Waals surface area contributed by atoms with Crippen molar-refractivity contribution in [2.24, 2.45) is 15.3 Å². The van der Waals surface area contributed by atoms with Crippen LogP contribution in [0.1, 0.15) is 24.0 Å². The van der Waals surface area contributed by atoms with E-state index in [2.05, 4.69) is 225 Å². The van der Waals surface area contributed by atoms with E-state index in [9.17, 15) is 0 Å². The molecule has 0 aromatic heterocycles. The van der Waals surface area contributed by atoms with Gasteiger partial charge in [-0.2, -0.15) is 15.3 Å². The van der Waals surface area contributed by atoms with Gasteiger partial charge in [0.1, 0.15) is 0 Å². The number of hydrazone groups is 3. The van der Waals surface area contributed by atoms with Crippen LogP contribution in [0.2, 0.25) is 58.9 Å². The van der Waals surface area contributed by atoms with Crippen LogP contribution in [0.3, 0.4) is 0 Å². The van der Waals surface area contributed by atoms with Gasteiger partial charge < -0.3 is 0 Å². The van der Waals surface area contributed by atoms with Gasteiger partial charge in [-0.25, -0.2) is 0 Å². The van der Waals surface area contributed by atoms with Gasteiger partial charge in [-0.3, -0.25) is 14.0 Å². The minimum absolute atomic E-state index is 0.551. The minimum atomic E-state index is -2.02. The van der Waals surface area contributed by atoms with Crippen LogP contribution in [-0.2, 0) is 0 Å². The molecular weight excluding hydrogens is 697 g/mol. The van der Waals surface area contributed by atoms with Gasteiger partial charge in [-0.1, -0.05) is 115 Å². The van der Waals surface area contributed by atoms with E-state index in [0.717, 1.165) is 45.3 Å². The summed E-state index contributed by atoms with van der Waals surface area (Å²) in [6.45, 7) is 21.1. The number of hydrogen-bond donors (Lipinski definition) is 0. The van der Waals surface area contributed by atoms with Crippen LogP contribution in [-0.4, -0.2) is 41.8 Å². The molecule has 0 fully saturated rings.